The highest BCUT2D eigenvalue weighted by molar-refractivity contribution is 6.32. The Hall–Kier alpha value is -1.08. The molecule has 1 amide bonds. The second-order valence-corrected chi connectivity index (χ2v) is 6.30. The minimum absolute atomic E-state index is 0.0618. The Morgan fingerprint density at radius 1 is 1.32 bits per heavy atom. The normalized spacial score (nSPS) is 24.6. The van der Waals surface area contributed by atoms with Gasteiger partial charge in [-0.15, -0.1) is 0 Å². The molecular formula is C15H22ClN3O3. The molecule has 0 aromatic carbocycles. The van der Waals surface area contributed by atoms with E-state index in [9.17, 15) is 4.79 Å². The van der Waals surface area contributed by atoms with E-state index in [4.69, 9.17) is 20.8 Å². The summed E-state index contributed by atoms with van der Waals surface area (Å²) in [4.78, 5) is 19.0. The van der Waals surface area contributed by atoms with Crippen molar-refractivity contribution in [1.29, 1.82) is 0 Å². The third kappa shape index (κ3) is 3.63. The van der Waals surface area contributed by atoms with E-state index in [0.717, 1.165) is 32.7 Å². The second-order valence-electron chi connectivity index (χ2n) is 5.96. The lowest BCUT2D eigenvalue weighted by Crippen LogP contribution is -2.52. The number of ether oxygens (including phenoxy) is 1. The van der Waals surface area contributed by atoms with Crippen LogP contribution in [0.5, 0.6) is 0 Å². The van der Waals surface area contributed by atoms with Gasteiger partial charge in [0.25, 0.3) is 5.91 Å². The van der Waals surface area contributed by atoms with Crippen LogP contribution in [0.15, 0.2) is 16.7 Å². The number of rotatable bonds is 3. The Bertz CT molecular complexity index is 514. The zero-order valence-electron chi connectivity index (χ0n) is 12.8. The molecule has 0 saturated carbocycles. The number of likely N-dealkylation sites (N-methyl/N-ethyl adjacent to an activating group) is 1. The number of furan rings is 1. The van der Waals surface area contributed by atoms with Gasteiger partial charge in [-0.05, 0) is 24.7 Å². The summed E-state index contributed by atoms with van der Waals surface area (Å²) in [6.45, 7) is 6.92. The van der Waals surface area contributed by atoms with Crippen molar-refractivity contribution in [2.75, 3.05) is 59.5 Å². The van der Waals surface area contributed by atoms with Gasteiger partial charge in [0, 0.05) is 45.8 Å². The Labute approximate surface area is 135 Å². The van der Waals surface area contributed by atoms with Gasteiger partial charge in [-0.2, -0.15) is 0 Å². The lowest BCUT2D eigenvalue weighted by atomic mass is 10.2. The molecule has 0 aliphatic carbocycles. The number of morpholine rings is 1. The van der Waals surface area contributed by atoms with Crippen LogP contribution in [0.3, 0.4) is 0 Å². The van der Waals surface area contributed by atoms with Crippen molar-refractivity contribution in [2.45, 2.75) is 6.10 Å². The van der Waals surface area contributed by atoms with E-state index in [0.29, 0.717) is 25.3 Å². The molecule has 0 N–H and O–H groups in total. The topological polar surface area (TPSA) is 49.2 Å². The van der Waals surface area contributed by atoms with Crippen molar-refractivity contribution in [2.24, 2.45) is 0 Å². The maximum absolute atomic E-state index is 12.5. The van der Waals surface area contributed by atoms with Gasteiger partial charge in [0.05, 0.1) is 24.5 Å². The summed E-state index contributed by atoms with van der Waals surface area (Å²) in [6, 6.07) is 1.62. The van der Waals surface area contributed by atoms with Crippen molar-refractivity contribution in [3.05, 3.63) is 23.1 Å². The number of piperazine rings is 1. The molecule has 7 heteroatoms. The quantitative estimate of drug-likeness (QED) is 0.829. The first-order chi connectivity index (χ1) is 10.6. The van der Waals surface area contributed by atoms with Gasteiger partial charge in [0.15, 0.2) is 0 Å². The van der Waals surface area contributed by atoms with Gasteiger partial charge in [-0.3, -0.25) is 9.69 Å². The summed E-state index contributed by atoms with van der Waals surface area (Å²) >= 11 is 5.90. The molecule has 2 aliphatic heterocycles. The molecule has 22 heavy (non-hydrogen) atoms. The van der Waals surface area contributed by atoms with Crippen LogP contribution in [0.1, 0.15) is 10.4 Å². The van der Waals surface area contributed by atoms with Crippen molar-refractivity contribution in [3.63, 3.8) is 0 Å². The van der Waals surface area contributed by atoms with Crippen LogP contribution in [0.25, 0.3) is 0 Å². The number of hydrogen-bond acceptors (Lipinski definition) is 5. The van der Waals surface area contributed by atoms with Gasteiger partial charge in [0.1, 0.15) is 0 Å². The molecule has 1 aromatic rings. The fraction of sp³-hybridized carbons (Fsp3) is 0.667. The first-order valence-corrected chi connectivity index (χ1v) is 8.06. The third-order valence-corrected chi connectivity index (χ3v) is 4.62. The molecule has 3 rings (SSSR count). The molecule has 1 unspecified atom stereocenters. The van der Waals surface area contributed by atoms with Gasteiger partial charge in [-0.1, -0.05) is 0 Å². The van der Waals surface area contributed by atoms with Gasteiger partial charge >= 0.3 is 0 Å². The van der Waals surface area contributed by atoms with E-state index >= 15 is 0 Å². The predicted molar refractivity (Wildman–Crippen MR) is 83.3 cm³/mol. The van der Waals surface area contributed by atoms with Gasteiger partial charge in [0.2, 0.25) is 5.22 Å². The fourth-order valence-corrected chi connectivity index (χ4v) is 3.14. The van der Waals surface area contributed by atoms with Crippen LogP contribution in [0, 0.1) is 0 Å². The van der Waals surface area contributed by atoms with Crippen LogP contribution in [0.2, 0.25) is 5.22 Å². The first kappa shape index (κ1) is 15.8. The smallest absolute Gasteiger partial charge is 0.258 e. The fourth-order valence-electron chi connectivity index (χ4n) is 2.95. The molecule has 0 bridgehead atoms. The maximum atomic E-state index is 12.5. The molecule has 2 fully saturated rings. The average molecular weight is 328 g/mol. The minimum Gasteiger partial charge on any atom is -0.452 e. The van der Waals surface area contributed by atoms with E-state index in [1.165, 1.54) is 6.26 Å². The molecule has 1 aromatic heterocycles. The number of carbonyl (C=O) groups is 1. The molecular weight excluding hydrogens is 306 g/mol. The molecule has 1 atom stereocenters. The highest BCUT2D eigenvalue weighted by Crippen LogP contribution is 2.20. The number of halogens is 1. The summed E-state index contributed by atoms with van der Waals surface area (Å²) in [5.74, 6) is -0.0783. The van der Waals surface area contributed by atoms with Crippen LogP contribution in [-0.2, 0) is 4.74 Å². The van der Waals surface area contributed by atoms with Crippen molar-refractivity contribution in [1.82, 2.24) is 14.7 Å². The van der Waals surface area contributed by atoms with Crippen LogP contribution >= 0.6 is 11.6 Å². The van der Waals surface area contributed by atoms with Crippen molar-refractivity contribution < 1.29 is 13.9 Å². The zero-order valence-corrected chi connectivity index (χ0v) is 13.6. The summed E-state index contributed by atoms with van der Waals surface area (Å²) < 4.78 is 10.8. The Kier molecular flexibility index (Phi) is 5.03. The van der Waals surface area contributed by atoms with Crippen molar-refractivity contribution in [3.8, 4) is 0 Å². The summed E-state index contributed by atoms with van der Waals surface area (Å²) in [5, 5.41) is 0.159. The van der Waals surface area contributed by atoms with Crippen LogP contribution in [-0.4, -0.2) is 86.2 Å². The molecule has 0 spiro atoms. The molecule has 122 valence electrons. The number of amides is 1. The largest absolute Gasteiger partial charge is 0.452 e. The lowest BCUT2D eigenvalue weighted by molar-refractivity contribution is -0.0400. The van der Waals surface area contributed by atoms with Gasteiger partial charge in [-0.25, -0.2) is 0 Å². The summed E-state index contributed by atoms with van der Waals surface area (Å²) in [6.07, 6.45) is 1.50. The van der Waals surface area contributed by atoms with E-state index < -0.39 is 0 Å². The lowest BCUT2D eigenvalue weighted by Gasteiger charge is -2.38. The van der Waals surface area contributed by atoms with Crippen LogP contribution < -0.4 is 0 Å². The van der Waals surface area contributed by atoms with E-state index in [-0.39, 0.29) is 17.2 Å². The maximum Gasteiger partial charge on any atom is 0.258 e. The van der Waals surface area contributed by atoms with E-state index in [1.807, 2.05) is 0 Å². The molecule has 2 aliphatic rings. The highest BCUT2D eigenvalue weighted by atomic mass is 35.5. The summed E-state index contributed by atoms with van der Waals surface area (Å²) in [5.41, 5.74) is 0.432. The molecule has 2 saturated heterocycles. The second kappa shape index (κ2) is 7.00. The van der Waals surface area contributed by atoms with Gasteiger partial charge < -0.3 is 19.0 Å². The highest BCUT2D eigenvalue weighted by Gasteiger charge is 2.28. The molecule has 3 heterocycles. The SMILES string of the molecule is CN1CCN(CC2CN(C(=O)c3ccoc3Cl)CCO2)CC1. The number of carbonyl (C=O) groups excluding carboxylic acids is 1. The molecule has 0 radical (unpaired) electrons. The zero-order chi connectivity index (χ0) is 15.5. The van der Waals surface area contributed by atoms with Crippen molar-refractivity contribution >= 4 is 17.5 Å². The Balaban J connectivity index is 1.55. The Morgan fingerprint density at radius 3 is 2.77 bits per heavy atom. The standard InChI is InChI=1S/C15H22ClN3O3/c1-17-3-5-18(6-4-17)10-12-11-19(7-9-21-12)15(20)13-2-8-22-14(13)16/h2,8,12H,3-7,9-11H2,1H3. The van der Waals surface area contributed by atoms with Crippen LogP contribution in [0.4, 0.5) is 0 Å². The van der Waals surface area contributed by atoms with E-state index in [2.05, 4.69) is 16.8 Å². The number of nitrogens with zero attached hydrogens (tertiary/aromatic N) is 3. The average Bonchev–Trinajstić information content (AvgIpc) is 2.95. The minimum atomic E-state index is -0.0783. The first-order valence-electron chi connectivity index (χ1n) is 7.68. The Morgan fingerprint density at radius 2 is 2.09 bits per heavy atom. The third-order valence-electron chi connectivity index (χ3n) is 4.33. The molecule has 6 nitrogen and oxygen atoms in total. The number of hydrogen-bond donors (Lipinski definition) is 0. The predicted octanol–water partition coefficient (Wildman–Crippen LogP) is 1.02. The van der Waals surface area contributed by atoms with E-state index in [1.54, 1.807) is 11.0 Å². The monoisotopic (exact) mass is 327 g/mol. The summed E-state index contributed by atoms with van der Waals surface area (Å²) in [7, 11) is 2.14.